The molecular weight excluding hydrogens is 468 g/mol. The maximum Gasteiger partial charge on any atom is 0.263 e. The van der Waals surface area contributed by atoms with E-state index in [0.29, 0.717) is 16.8 Å². The van der Waals surface area contributed by atoms with Gasteiger partial charge in [0.25, 0.3) is 5.56 Å². The predicted molar refractivity (Wildman–Crippen MR) is 137 cm³/mol. The van der Waals surface area contributed by atoms with Gasteiger partial charge >= 0.3 is 0 Å². The van der Waals surface area contributed by atoms with Crippen molar-refractivity contribution in [1.29, 1.82) is 0 Å². The molecule has 7 nitrogen and oxygen atoms in total. The Morgan fingerprint density at radius 1 is 1.21 bits per heavy atom. The third-order valence-corrected chi connectivity index (χ3v) is 8.00. The van der Waals surface area contributed by atoms with Crippen molar-refractivity contribution in [3.05, 3.63) is 69.4 Å². The van der Waals surface area contributed by atoms with Crippen LogP contribution in [0.3, 0.4) is 0 Å². The molecule has 4 aromatic rings. The van der Waals surface area contributed by atoms with Gasteiger partial charge in [-0.25, -0.2) is 4.98 Å². The van der Waals surface area contributed by atoms with E-state index in [1.807, 2.05) is 41.1 Å². The number of carbonyl (C=O) groups is 1. The maximum atomic E-state index is 13.2. The molecule has 1 saturated heterocycles. The molecule has 1 fully saturated rings. The smallest absolute Gasteiger partial charge is 0.263 e. The molecule has 5 rings (SSSR count). The average Bonchev–Trinajstić information content (AvgIpc) is 3.63. The Morgan fingerprint density at radius 3 is 2.82 bits per heavy atom. The minimum absolute atomic E-state index is 0.0567. The van der Waals surface area contributed by atoms with E-state index in [2.05, 4.69) is 21.3 Å². The van der Waals surface area contributed by atoms with Crippen LogP contribution in [0.25, 0.3) is 20.7 Å². The summed E-state index contributed by atoms with van der Waals surface area (Å²) >= 11 is 3.03. The number of methoxy groups -OCH3 is 1. The summed E-state index contributed by atoms with van der Waals surface area (Å²) < 4.78 is 6.80. The molecule has 176 valence electrons. The fraction of sp³-hybridized carbons (Fsp3) is 0.320. The number of hydrogen-bond donors (Lipinski definition) is 1. The minimum atomic E-state index is -0.205. The number of likely N-dealkylation sites (tertiary alicyclic amines) is 1. The number of amides is 1. The van der Waals surface area contributed by atoms with Crippen molar-refractivity contribution >= 4 is 38.8 Å². The molecule has 0 saturated carbocycles. The Balaban J connectivity index is 1.33. The molecule has 4 heterocycles. The van der Waals surface area contributed by atoms with Gasteiger partial charge in [0.05, 0.1) is 24.9 Å². The quantitative estimate of drug-likeness (QED) is 0.398. The first-order valence-electron chi connectivity index (χ1n) is 11.3. The van der Waals surface area contributed by atoms with Crippen LogP contribution in [0.1, 0.15) is 24.4 Å². The molecular formula is C25H26N4O3S2. The number of benzene rings is 1. The number of carbonyl (C=O) groups excluding carboxylic acids is 1. The van der Waals surface area contributed by atoms with Gasteiger partial charge in [-0.05, 0) is 55.1 Å². The highest BCUT2D eigenvalue weighted by atomic mass is 32.1. The van der Waals surface area contributed by atoms with Crippen LogP contribution >= 0.6 is 22.7 Å². The van der Waals surface area contributed by atoms with E-state index in [0.717, 1.165) is 47.7 Å². The van der Waals surface area contributed by atoms with Crippen LogP contribution in [0.5, 0.6) is 5.75 Å². The zero-order chi connectivity index (χ0) is 23.5. The van der Waals surface area contributed by atoms with E-state index >= 15 is 0 Å². The molecule has 1 aromatic carbocycles. The molecule has 1 atom stereocenters. The summed E-state index contributed by atoms with van der Waals surface area (Å²) in [7, 11) is 1.66. The summed E-state index contributed by atoms with van der Waals surface area (Å²) in [6.07, 6.45) is 3.78. The van der Waals surface area contributed by atoms with Gasteiger partial charge in [0.2, 0.25) is 5.91 Å². The molecule has 34 heavy (non-hydrogen) atoms. The summed E-state index contributed by atoms with van der Waals surface area (Å²) in [5.74, 6) is 0.597. The van der Waals surface area contributed by atoms with Crippen LogP contribution in [0.4, 0.5) is 0 Å². The SMILES string of the molecule is COc1cccc([C@H](CNC(=O)Cn2cnc3scc(-c4cccs4)c3c2=O)N2CCCC2)c1. The summed E-state index contributed by atoms with van der Waals surface area (Å²) in [6.45, 7) is 2.41. The topological polar surface area (TPSA) is 76.5 Å². The Morgan fingerprint density at radius 2 is 2.06 bits per heavy atom. The highest BCUT2D eigenvalue weighted by molar-refractivity contribution is 7.18. The molecule has 0 aliphatic carbocycles. The number of thiophene rings is 2. The highest BCUT2D eigenvalue weighted by Gasteiger charge is 2.24. The minimum Gasteiger partial charge on any atom is -0.497 e. The molecule has 0 unspecified atom stereocenters. The molecule has 1 amide bonds. The predicted octanol–water partition coefficient (Wildman–Crippen LogP) is 4.15. The summed E-state index contributed by atoms with van der Waals surface area (Å²) in [5, 5.41) is 7.58. The lowest BCUT2D eigenvalue weighted by atomic mass is 10.0. The average molecular weight is 495 g/mol. The fourth-order valence-electron chi connectivity index (χ4n) is 4.47. The van der Waals surface area contributed by atoms with E-state index in [9.17, 15) is 9.59 Å². The van der Waals surface area contributed by atoms with Gasteiger partial charge < -0.3 is 10.1 Å². The van der Waals surface area contributed by atoms with E-state index in [1.165, 1.54) is 22.2 Å². The number of hydrogen-bond acceptors (Lipinski definition) is 7. The second-order valence-corrected chi connectivity index (χ2v) is 10.1. The van der Waals surface area contributed by atoms with Crippen molar-refractivity contribution in [1.82, 2.24) is 19.8 Å². The Labute approximate surface area is 205 Å². The lowest BCUT2D eigenvalue weighted by Crippen LogP contribution is -2.39. The molecule has 0 spiro atoms. The maximum absolute atomic E-state index is 13.2. The molecule has 0 bridgehead atoms. The zero-order valence-corrected chi connectivity index (χ0v) is 20.5. The van der Waals surface area contributed by atoms with Crippen LogP contribution in [0, 0.1) is 0 Å². The first kappa shape index (κ1) is 22.8. The monoisotopic (exact) mass is 494 g/mol. The van der Waals surface area contributed by atoms with Crippen LogP contribution < -0.4 is 15.6 Å². The Kier molecular flexibility index (Phi) is 6.75. The second-order valence-electron chi connectivity index (χ2n) is 8.32. The van der Waals surface area contributed by atoms with Crippen LogP contribution in [-0.2, 0) is 11.3 Å². The van der Waals surface area contributed by atoms with Gasteiger partial charge in [-0.15, -0.1) is 22.7 Å². The Bertz CT molecular complexity index is 1340. The van der Waals surface area contributed by atoms with Crippen molar-refractivity contribution in [2.24, 2.45) is 0 Å². The van der Waals surface area contributed by atoms with Gasteiger partial charge in [0.1, 0.15) is 17.1 Å². The van der Waals surface area contributed by atoms with E-state index in [4.69, 9.17) is 4.74 Å². The van der Waals surface area contributed by atoms with Crippen molar-refractivity contribution < 1.29 is 9.53 Å². The van der Waals surface area contributed by atoms with Crippen LogP contribution in [0.2, 0.25) is 0 Å². The van der Waals surface area contributed by atoms with Crippen molar-refractivity contribution in [2.45, 2.75) is 25.4 Å². The second kappa shape index (κ2) is 10.1. The van der Waals surface area contributed by atoms with E-state index in [1.54, 1.807) is 18.4 Å². The molecule has 1 aliphatic rings. The first-order chi connectivity index (χ1) is 16.6. The number of ether oxygens (including phenoxy) is 1. The number of fused-ring (bicyclic) bond motifs is 1. The van der Waals surface area contributed by atoms with Crippen molar-refractivity contribution in [3.8, 4) is 16.2 Å². The van der Waals surface area contributed by atoms with E-state index in [-0.39, 0.29) is 24.1 Å². The molecule has 1 aliphatic heterocycles. The normalized spacial score (nSPS) is 15.0. The van der Waals surface area contributed by atoms with Crippen molar-refractivity contribution in [3.63, 3.8) is 0 Å². The number of nitrogens with one attached hydrogen (secondary N) is 1. The van der Waals surface area contributed by atoms with Crippen molar-refractivity contribution in [2.75, 3.05) is 26.7 Å². The van der Waals surface area contributed by atoms with Gasteiger partial charge in [-0.2, -0.15) is 0 Å². The largest absolute Gasteiger partial charge is 0.497 e. The molecule has 9 heteroatoms. The Hall–Kier alpha value is -3.01. The van der Waals surface area contributed by atoms with Gasteiger partial charge in [-0.1, -0.05) is 18.2 Å². The standard InChI is InChI=1S/C25H26N4O3S2/c1-32-18-7-4-6-17(12-18)20(28-9-2-3-10-28)13-26-22(30)14-29-16-27-24-23(25(29)31)19(15-34-24)21-8-5-11-33-21/h4-8,11-12,15-16,20H,2-3,9-10,13-14H2,1H3,(H,26,30)/t20-/m0/s1. The number of nitrogens with zero attached hydrogens (tertiary/aromatic N) is 3. The third kappa shape index (κ3) is 4.64. The number of rotatable bonds is 8. The van der Waals surface area contributed by atoms with Crippen LogP contribution in [-0.4, -0.2) is 47.1 Å². The number of aromatic nitrogens is 2. The summed E-state index contributed by atoms with van der Waals surface area (Å²) in [4.78, 5) is 34.7. The molecule has 1 N–H and O–H groups in total. The lowest BCUT2D eigenvalue weighted by Gasteiger charge is -2.28. The first-order valence-corrected chi connectivity index (χ1v) is 13.0. The fourth-order valence-corrected chi connectivity index (χ4v) is 6.20. The van der Waals surface area contributed by atoms with Crippen LogP contribution in [0.15, 0.2) is 58.3 Å². The van der Waals surface area contributed by atoms with E-state index < -0.39 is 0 Å². The molecule has 3 aromatic heterocycles. The zero-order valence-electron chi connectivity index (χ0n) is 18.9. The molecule has 0 radical (unpaired) electrons. The van der Waals surface area contributed by atoms with Gasteiger partial charge in [0, 0.05) is 22.4 Å². The third-order valence-electron chi connectivity index (χ3n) is 6.21. The summed E-state index contributed by atoms with van der Waals surface area (Å²) in [6, 6.07) is 12.0. The van der Waals surface area contributed by atoms with Gasteiger partial charge in [-0.3, -0.25) is 19.1 Å². The summed E-state index contributed by atoms with van der Waals surface area (Å²) in [5.41, 5.74) is 1.81. The lowest BCUT2D eigenvalue weighted by molar-refractivity contribution is -0.122. The van der Waals surface area contributed by atoms with Gasteiger partial charge in [0.15, 0.2) is 0 Å². The highest BCUT2D eigenvalue weighted by Crippen LogP contribution is 2.33.